The smallest absolute Gasteiger partial charge is 1.00 e. The molecule has 0 atom stereocenters. The minimum atomic E-state index is -3.71. The molecule has 6 heteroatoms. The fourth-order valence-corrected chi connectivity index (χ4v) is 9.49. The van der Waals surface area contributed by atoms with Crippen LogP contribution in [0.5, 0.6) is 0 Å². The molecule has 0 heterocycles. The number of halogens is 2. The van der Waals surface area contributed by atoms with Crippen molar-refractivity contribution in [2.24, 2.45) is 0 Å². The third kappa shape index (κ3) is 5.09. The summed E-state index contributed by atoms with van der Waals surface area (Å²) in [5, 5.41) is 10.4. The van der Waals surface area contributed by atoms with Crippen LogP contribution in [-0.4, -0.2) is 14.7 Å². The molecule has 0 bridgehead atoms. The van der Waals surface area contributed by atoms with Gasteiger partial charge in [0.1, 0.15) is 0 Å². The standard InChI is InChI=1S/C9H13NOSi.C5H5.4CH3.2ClH.Ti/c1-12(2)8-6-4-3-5-7(8)9(10)11;1-2-4-5-3-1;;;;;;;/h3-6,12H,1-2H3,(H2,10,11);1-3H,4H2;4*1H3;2*1H;/q;;;;;;;;+3/p-3. The van der Waals surface area contributed by atoms with Gasteiger partial charge < -0.3 is 24.8 Å². The van der Waals surface area contributed by atoms with Gasteiger partial charge in [-0.15, -0.1) is 0 Å². The molecule has 0 saturated heterocycles. The molecule has 134 valence electrons. The van der Waals surface area contributed by atoms with Crippen molar-refractivity contribution in [2.75, 3.05) is 0 Å². The Morgan fingerprint density at radius 1 is 1.08 bits per heavy atom. The van der Waals surface area contributed by atoms with Gasteiger partial charge in [-0.05, 0) is 0 Å². The second kappa shape index (κ2) is 7.13. The van der Waals surface area contributed by atoms with Gasteiger partial charge in [0, 0.05) is 0 Å². The summed E-state index contributed by atoms with van der Waals surface area (Å²) < 4.78 is 4.93. The quantitative estimate of drug-likeness (QED) is 0.576. The van der Waals surface area contributed by atoms with Gasteiger partial charge in [-0.2, -0.15) is 0 Å². The maximum atomic E-state index is 13.1. The average molecular weight is 422 g/mol. The molecule has 2 rings (SSSR count). The molecule has 1 aliphatic rings. The van der Waals surface area contributed by atoms with Crippen molar-refractivity contribution >= 4 is 19.9 Å². The van der Waals surface area contributed by atoms with E-state index in [0.29, 0.717) is 0 Å². The van der Waals surface area contributed by atoms with Crippen LogP contribution < -0.4 is 33.8 Å². The first kappa shape index (κ1) is 23.7. The SMILES string of the molecule is C[SiH](C)c1ccccc1C(=O)[NH][Ti+2]([CH3])([CH3])([CH3])([CH3])[C]1=CC=CC1.[Cl-].[Cl-]. The molecule has 0 saturated carbocycles. The van der Waals surface area contributed by atoms with Crippen LogP contribution in [0.25, 0.3) is 0 Å². The van der Waals surface area contributed by atoms with Crippen molar-refractivity contribution in [3.8, 4) is 0 Å². The summed E-state index contributed by atoms with van der Waals surface area (Å²) in [7, 11) is -1.03. The minimum absolute atomic E-state index is 0. The summed E-state index contributed by atoms with van der Waals surface area (Å²) >= 11 is -3.71. The summed E-state index contributed by atoms with van der Waals surface area (Å²) in [6.45, 7) is 4.54. The van der Waals surface area contributed by atoms with E-state index in [-0.39, 0.29) is 30.7 Å². The van der Waals surface area contributed by atoms with Crippen molar-refractivity contribution in [1.29, 1.82) is 0 Å². The van der Waals surface area contributed by atoms with E-state index in [1.807, 2.05) is 18.2 Å². The van der Waals surface area contributed by atoms with E-state index in [2.05, 4.69) is 62.1 Å². The predicted molar refractivity (Wildman–Crippen MR) is 97.7 cm³/mol. The monoisotopic (exact) mass is 421 g/mol. The summed E-state index contributed by atoms with van der Waals surface area (Å²) in [6.07, 6.45) is 7.46. The van der Waals surface area contributed by atoms with Gasteiger partial charge in [0.15, 0.2) is 0 Å². The molecule has 1 aromatic rings. The largest absolute Gasteiger partial charge is 1.00 e. The molecular formula is C18H29Cl2NOSiTi. The predicted octanol–water partition coefficient (Wildman–Crippen LogP) is -1.71. The maximum Gasteiger partial charge on any atom is -1.00 e. The summed E-state index contributed by atoms with van der Waals surface area (Å²) in [5.41, 5.74) is 0.872. The molecule has 0 aromatic heterocycles. The fraction of sp³-hybridized carbons (Fsp3) is 0.389. The number of amides is 1. The molecule has 0 radical (unpaired) electrons. The molecule has 0 fully saturated rings. The third-order valence-corrected chi connectivity index (χ3v) is 13.7. The zero-order valence-corrected chi connectivity index (χ0v) is 19.7. The van der Waals surface area contributed by atoms with Crippen molar-refractivity contribution in [1.82, 2.24) is 3.80 Å². The Morgan fingerprint density at radius 3 is 2.17 bits per heavy atom. The molecule has 1 N–H and O–H groups in total. The normalized spacial score (nSPS) is 14.9. The molecule has 1 aromatic carbocycles. The number of hydrogen-bond donors (Lipinski definition) is 1. The van der Waals surface area contributed by atoms with Gasteiger partial charge in [0.2, 0.25) is 0 Å². The summed E-state index contributed by atoms with van der Waals surface area (Å²) in [6, 6.07) is 8.10. The number of benzene rings is 1. The summed E-state index contributed by atoms with van der Waals surface area (Å²) in [4.78, 5) is 13.1. The summed E-state index contributed by atoms with van der Waals surface area (Å²) in [5.74, 6) is 0.101. The van der Waals surface area contributed by atoms with Crippen LogP contribution in [0.15, 0.2) is 46.4 Å². The van der Waals surface area contributed by atoms with Gasteiger partial charge in [-0.3, -0.25) is 0 Å². The third-order valence-electron chi connectivity index (χ3n) is 4.72. The van der Waals surface area contributed by atoms with E-state index in [0.717, 1.165) is 12.0 Å². The molecule has 24 heavy (non-hydrogen) atoms. The van der Waals surface area contributed by atoms with E-state index < -0.39 is 23.1 Å². The molecule has 0 spiro atoms. The Kier molecular flexibility index (Phi) is 7.03. The molecule has 0 aliphatic heterocycles. The maximum absolute atomic E-state index is 13.1. The van der Waals surface area contributed by atoms with Gasteiger partial charge >= 0.3 is 135 Å². The van der Waals surface area contributed by atoms with Gasteiger partial charge in [-0.25, -0.2) is 0 Å². The zero-order chi connectivity index (χ0) is 16.7. The first-order chi connectivity index (χ1) is 9.93. The Morgan fingerprint density at radius 2 is 1.67 bits per heavy atom. The number of carbonyl (C=O) groups excluding carboxylic acids is 1. The second-order valence-corrected chi connectivity index (χ2v) is 30.0. The van der Waals surface area contributed by atoms with Crippen molar-refractivity contribution < 1.29 is 43.9 Å². The van der Waals surface area contributed by atoms with Crippen LogP contribution in [0.2, 0.25) is 34.0 Å². The number of carbonyl (C=O) groups is 1. The number of rotatable bonds is 4. The van der Waals surface area contributed by atoms with Crippen LogP contribution in [0.4, 0.5) is 0 Å². The average Bonchev–Trinajstić information content (AvgIpc) is 2.92. The first-order valence-electron chi connectivity index (χ1n) is 8.19. The number of hydrogen-bond acceptors (Lipinski definition) is 1. The molecular weight excluding hydrogens is 393 g/mol. The van der Waals surface area contributed by atoms with Crippen LogP contribution in [0.1, 0.15) is 16.8 Å². The molecule has 0 unspecified atom stereocenters. The topological polar surface area (TPSA) is 29.1 Å². The van der Waals surface area contributed by atoms with E-state index in [1.165, 1.54) is 9.06 Å². The zero-order valence-electron chi connectivity index (χ0n) is 15.5. The fourth-order valence-electron chi connectivity index (χ4n) is 3.15. The van der Waals surface area contributed by atoms with Crippen molar-refractivity contribution in [3.05, 3.63) is 51.9 Å². The van der Waals surface area contributed by atoms with Crippen LogP contribution in [-0.2, 0) is 14.3 Å². The van der Waals surface area contributed by atoms with E-state index in [9.17, 15) is 4.79 Å². The Balaban J connectivity index is 0.00000264. The van der Waals surface area contributed by atoms with E-state index in [4.69, 9.17) is 0 Å². The first-order valence-corrected chi connectivity index (χ1v) is 18.9. The number of nitrogens with one attached hydrogen (secondary N) is 1. The minimum Gasteiger partial charge on any atom is -1.00 e. The molecule has 2 nitrogen and oxygen atoms in total. The number of allylic oxidation sites excluding steroid dienone is 4. The second-order valence-electron chi connectivity index (χ2n) is 9.65. The van der Waals surface area contributed by atoms with Crippen molar-refractivity contribution in [2.45, 2.75) is 40.4 Å². The Hall–Kier alpha value is -0.319. The van der Waals surface area contributed by atoms with Gasteiger partial charge in [-0.1, -0.05) is 0 Å². The van der Waals surface area contributed by atoms with E-state index in [1.54, 1.807) is 0 Å². The van der Waals surface area contributed by atoms with Crippen LogP contribution in [0.3, 0.4) is 0 Å². The van der Waals surface area contributed by atoms with Crippen molar-refractivity contribution in [3.63, 3.8) is 0 Å². The Bertz CT molecular complexity index is 689. The van der Waals surface area contributed by atoms with Crippen LogP contribution in [0, 0.1) is 0 Å². The molecule has 1 amide bonds. The van der Waals surface area contributed by atoms with Gasteiger partial charge in [0.05, 0.1) is 0 Å². The van der Waals surface area contributed by atoms with Gasteiger partial charge in [0.25, 0.3) is 0 Å². The van der Waals surface area contributed by atoms with Crippen LogP contribution >= 0.6 is 0 Å². The van der Waals surface area contributed by atoms with E-state index >= 15 is 0 Å². The molecule has 1 aliphatic carbocycles. The Labute approximate surface area is 159 Å².